The predicted molar refractivity (Wildman–Crippen MR) is 112 cm³/mol. The summed E-state index contributed by atoms with van der Waals surface area (Å²) in [6.07, 6.45) is 5.33. The molecule has 0 aromatic heterocycles. The maximum Gasteiger partial charge on any atom is 0.193 e. The summed E-state index contributed by atoms with van der Waals surface area (Å²) in [5.74, 6) is 1.83. The third-order valence-corrected chi connectivity index (χ3v) is 5.48. The number of aliphatic imine (C=N–C) groups is 1. The molecule has 0 amide bonds. The quantitative estimate of drug-likeness (QED) is 0.405. The molecule has 0 saturated carbocycles. The largest absolute Gasteiger partial charge is 0.381 e. The number of rotatable bonds is 4. The Kier molecular flexibility index (Phi) is 9.30. The fourth-order valence-corrected chi connectivity index (χ4v) is 3.82. The maximum atomic E-state index is 5.49. The smallest absolute Gasteiger partial charge is 0.193 e. The average molecular weight is 452 g/mol. The summed E-state index contributed by atoms with van der Waals surface area (Å²) in [5.41, 5.74) is 0.135. The first-order valence-corrected chi connectivity index (χ1v) is 9.19. The van der Waals surface area contributed by atoms with Gasteiger partial charge in [-0.25, -0.2) is 0 Å². The van der Waals surface area contributed by atoms with Crippen LogP contribution in [-0.2, 0) is 4.74 Å². The summed E-state index contributed by atoms with van der Waals surface area (Å²) in [6, 6.07) is 0. The lowest BCUT2D eigenvalue weighted by Crippen LogP contribution is -2.57. The minimum Gasteiger partial charge on any atom is -0.381 e. The van der Waals surface area contributed by atoms with Crippen molar-refractivity contribution in [2.75, 3.05) is 46.9 Å². The van der Waals surface area contributed by atoms with Gasteiger partial charge in [-0.1, -0.05) is 6.92 Å². The summed E-state index contributed by atoms with van der Waals surface area (Å²) < 4.78 is 5.49. The van der Waals surface area contributed by atoms with Crippen LogP contribution >= 0.6 is 24.0 Å². The van der Waals surface area contributed by atoms with Crippen LogP contribution in [0.1, 0.15) is 46.5 Å². The van der Waals surface area contributed by atoms with Gasteiger partial charge in [0.1, 0.15) is 0 Å². The molecule has 0 spiro atoms. The van der Waals surface area contributed by atoms with Gasteiger partial charge in [0.25, 0.3) is 0 Å². The maximum absolute atomic E-state index is 5.49. The van der Waals surface area contributed by atoms with Gasteiger partial charge in [-0.15, -0.1) is 24.0 Å². The number of nitrogens with zero attached hydrogens (tertiary/aromatic N) is 3. The molecule has 1 unspecified atom stereocenters. The summed E-state index contributed by atoms with van der Waals surface area (Å²) in [4.78, 5) is 9.52. The van der Waals surface area contributed by atoms with Crippen LogP contribution < -0.4 is 5.32 Å². The van der Waals surface area contributed by atoms with Gasteiger partial charge in [-0.2, -0.15) is 0 Å². The number of methoxy groups -OCH3 is 1. The Bertz CT molecular complexity index is 394. The molecule has 1 atom stereocenters. The van der Waals surface area contributed by atoms with E-state index in [9.17, 15) is 0 Å². The monoisotopic (exact) mass is 452 g/mol. The molecule has 2 heterocycles. The highest BCUT2D eigenvalue weighted by atomic mass is 127. The molecule has 5 nitrogen and oxygen atoms in total. The molecule has 142 valence electrons. The Balaban J connectivity index is 0.00000288. The lowest BCUT2D eigenvalue weighted by molar-refractivity contribution is 0.00761. The van der Waals surface area contributed by atoms with Gasteiger partial charge >= 0.3 is 0 Å². The topological polar surface area (TPSA) is 40.1 Å². The third kappa shape index (κ3) is 6.02. The van der Waals surface area contributed by atoms with Gasteiger partial charge in [-0.3, -0.25) is 9.89 Å². The Morgan fingerprint density at radius 1 is 1.21 bits per heavy atom. The lowest BCUT2D eigenvalue weighted by atomic mass is 9.97. The van der Waals surface area contributed by atoms with Crippen LogP contribution in [-0.4, -0.2) is 74.3 Å². The second-order valence-corrected chi connectivity index (χ2v) is 7.83. The van der Waals surface area contributed by atoms with Gasteiger partial charge in [0.05, 0.1) is 6.10 Å². The van der Waals surface area contributed by atoms with E-state index in [2.05, 4.69) is 40.9 Å². The van der Waals surface area contributed by atoms with Crippen molar-refractivity contribution in [1.29, 1.82) is 0 Å². The lowest BCUT2D eigenvalue weighted by Gasteiger charge is -2.43. The second-order valence-electron chi connectivity index (χ2n) is 7.83. The first kappa shape index (κ1) is 22.0. The molecule has 2 fully saturated rings. The number of piperidine rings is 2. The van der Waals surface area contributed by atoms with Crippen LogP contribution in [0, 0.1) is 5.92 Å². The average Bonchev–Trinajstić information content (AvgIpc) is 2.55. The van der Waals surface area contributed by atoms with E-state index in [-0.39, 0.29) is 29.5 Å². The molecule has 2 saturated heterocycles. The standard InChI is InChI=1S/C18H36N4O.HI/c1-15-7-6-10-21(13-15)17(19-4)20-14-18(2,3)22-11-8-16(23-5)9-12-22;/h15-16H,6-14H2,1-5H3,(H,19,20);1H. The second kappa shape index (κ2) is 10.2. The van der Waals surface area contributed by atoms with E-state index in [0.717, 1.165) is 57.4 Å². The van der Waals surface area contributed by atoms with E-state index in [1.54, 1.807) is 0 Å². The van der Waals surface area contributed by atoms with Gasteiger partial charge < -0.3 is 15.0 Å². The summed E-state index contributed by atoms with van der Waals surface area (Å²) in [5, 5.41) is 3.63. The number of guanidine groups is 1. The summed E-state index contributed by atoms with van der Waals surface area (Å²) >= 11 is 0. The van der Waals surface area contributed by atoms with E-state index < -0.39 is 0 Å². The van der Waals surface area contributed by atoms with Crippen LogP contribution in [0.15, 0.2) is 4.99 Å². The van der Waals surface area contributed by atoms with Crippen molar-refractivity contribution >= 4 is 29.9 Å². The van der Waals surface area contributed by atoms with E-state index in [0.29, 0.717) is 6.10 Å². The fourth-order valence-electron chi connectivity index (χ4n) is 3.82. The first-order chi connectivity index (χ1) is 11.0. The van der Waals surface area contributed by atoms with Crippen LogP contribution in [0.2, 0.25) is 0 Å². The molecule has 24 heavy (non-hydrogen) atoms. The zero-order valence-electron chi connectivity index (χ0n) is 16.2. The van der Waals surface area contributed by atoms with Crippen LogP contribution in [0.4, 0.5) is 0 Å². The van der Waals surface area contributed by atoms with Crippen molar-refractivity contribution in [2.45, 2.75) is 58.1 Å². The molecule has 0 radical (unpaired) electrons. The predicted octanol–water partition coefficient (Wildman–Crippen LogP) is 2.80. The number of hydrogen-bond acceptors (Lipinski definition) is 3. The molecule has 2 rings (SSSR count). The molecule has 1 N–H and O–H groups in total. The Morgan fingerprint density at radius 3 is 2.42 bits per heavy atom. The zero-order valence-corrected chi connectivity index (χ0v) is 18.5. The van der Waals surface area contributed by atoms with Crippen molar-refractivity contribution in [1.82, 2.24) is 15.1 Å². The SMILES string of the molecule is CN=C(NCC(C)(C)N1CCC(OC)CC1)N1CCCC(C)C1.I. The number of hydrogen-bond donors (Lipinski definition) is 1. The highest BCUT2D eigenvalue weighted by molar-refractivity contribution is 14.0. The molecule has 6 heteroatoms. The highest BCUT2D eigenvalue weighted by Crippen LogP contribution is 2.22. The Labute approximate surface area is 165 Å². The van der Waals surface area contributed by atoms with E-state index in [1.165, 1.54) is 12.8 Å². The van der Waals surface area contributed by atoms with Crippen LogP contribution in [0.25, 0.3) is 0 Å². The molecule has 0 aromatic carbocycles. The fraction of sp³-hybridized carbons (Fsp3) is 0.944. The normalized spacial score (nSPS) is 24.6. The van der Waals surface area contributed by atoms with Gasteiger partial charge in [0.2, 0.25) is 0 Å². The van der Waals surface area contributed by atoms with Crippen molar-refractivity contribution in [2.24, 2.45) is 10.9 Å². The van der Waals surface area contributed by atoms with Crippen molar-refractivity contribution in [3.63, 3.8) is 0 Å². The zero-order chi connectivity index (χ0) is 16.9. The van der Waals surface area contributed by atoms with E-state index in [1.807, 2.05) is 14.2 Å². The Morgan fingerprint density at radius 2 is 1.88 bits per heavy atom. The molecule has 2 aliphatic rings. The number of halogens is 1. The number of likely N-dealkylation sites (tertiary alicyclic amines) is 2. The minimum absolute atomic E-state index is 0. The number of nitrogens with one attached hydrogen (secondary N) is 1. The van der Waals surface area contributed by atoms with Crippen molar-refractivity contribution < 1.29 is 4.74 Å². The van der Waals surface area contributed by atoms with Crippen molar-refractivity contribution in [3.05, 3.63) is 0 Å². The van der Waals surface area contributed by atoms with Gasteiger partial charge in [0.15, 0.2) is 5.96 Å². The van der Waals surface area contributed by atoms with Crippen molar-refractivity contribution in [3.8, 4) is 0 Å². The summed E-state index contributed by atoms with van der Waals surface area (Å²) in [7, 11) is 3.73. The highest BCUT2D eigenvalue weighted by Gasteiger charge is 2.31. The molecular weight excluding hydrogens is 415 g/mol. The van der Waals surface area contributed by atoms with E-state index in [4.69, 9.17) is 4.74 Å². The molecular formula is C18H37IN4O. The first-order valence-electron chi connectivity index (χ1n) is 9.19. The summed E-state index contributed by atoms with van der Waals surface area (Å²) in [6.45, 7) is 12.4. The Hall–Kier alpha value is -0.0800. The molecule has 0 aromatic rings. The van der Waals surface area contributed by atoms with E-state index >= 15 is 0 Å². The van der Waals surface area contributed by atoms with Crippen LogP contribution in [0.3, 0.4) is 0 Å². The molecule has 0 aliphatic carbocycles. The van der Waals surface area contributed by atoms with Gasteiger partial charge in [0, 0.05) is 52.4 Å². The number of ether oxygens (including phenoxy) is 1. The molecule has 2 aliphatic heterocycles. The third-order valence-electron chi connectivity index (χ3n) is 5.48. The van der Waals surface area contributed by atoms with Crippen LogP contribution in [0.5, 0.6) is 0 Å². The molecule has 0 bridgehead atoms. The van der Waals surface area contributed by atoms with Gasteiger partial charge in [-0.05, 0) is 45.4 Å². The minimum atomic E-state index is 0.